The number of nitrogens with one attached hydrogen (secondary N) is 1. The smallest absolute Gasteiger partial charge is 0.459 e. The van der Waals surface area contributed by atoms with Crippen LogP contribution in [0.4, 0.5) is 13.2 Å². The Kier molecular flexibility index (Phi) is 4.15. The molecule has 4 rings (SSSR count). The average Bonchev–Trinajstić information content (AvgIpc) is 2.98. The van der Waals surface area contributed by atoms with E-state index < -0.39 is 21.9 Å². The van der Waals surface area contributed by atoms with Crippen molar-refractivity contribution >= 4 is 20.8 Å². The topological polar surface area (TPSA) is 68.5 Å². The number of hydrogen-bond donors (Lipinski definition) is 1. The Balaban J connectivity index is 1.69. The summed E-state index contributed by atoms with van der Waals surface area (Å²) < 4.78 is 71.8. The molecular formula is C18H14F3NO4S. The van der Waals surface area contributed by atoms with E-state index in [0.29, 0.717) is 12.1 Å². The molecule has 0 amide bonds. The summed E-state index contributed by atoms with van der Waals surface area (Å²) in [7, 11) is -3.90. The molecule has 9 heteroatoms. The van der Waals surface area contributed by atoms with Crippen LogP contribution in [0.25, 0.3) is 11.0 Å². The number of fused-ring (bicyclic) bond motifs is 3. The lowest BCUT2D eigenvalue weighted by Crippen LogP contribution is -2.22. The summed E-state index contributed by atoms with van der Waals surface area (Å²) in [6, 6.07) is 8.73. The van der Waals surface area contributed by atoms with Gasteiger partial charge in [0.05, 0.1) is 16.3 Å². The first-order valence-electron chi connectivity index (χ1n) is 8.10. The van der Waals surface area contributed by atoms with E-state index in [1.165, 1.54) is 12.1 Å². The zero-order chi connectivity index (χ0) is 19.2. The van der Waals surface area contributed by atoms with Crippen LogP contribution in [-0.2, 0) is 22.8 Å². The molecule has 0 saturated heterocycles. The molecule has 0 spiro atoms. The first-order valence-corrected chi connectivity index (χ1v) is 9.58. The quantitative estimate of drug-likeness (QED) is 0.728. The molecular weight excluding hydrogens is 383 g/mol. The summed E-state index contributed by atoms with van der Waals surface area (Å²) in [5.41, 5.74) is 1.54. The fraction of sp³-hybridized carbons (Fsp3) is 0.222. The Morgan fingerprint density at radius 1 is 1.04 bits per heavy atom. The zero-order valence-electron chi connectivity index (χ0n) is 13.8. The normalized spacial score (nSPS) is 14.9. The molecule has 142 valence electrons. The van der Waals surface area contributed by atoms with Gasteiger partial charge in [-0.05, 0) is 49.4 Å². The van der Waals surface area contributed by atoms with Gasteiger partial charge in [0.2, 0.25) is 9.84 Å². The molecule has 0 atom stereocenters. The van der Waals surface area contributed by atoms with Crippen LogP contribution in [0, 0.1) is 0 Å². The highest BCUT2D eigenvalue weighted by atomic mass is 32.2. The maximum absolute atomic E-state index is 12.8. The maximum Gasteiger partial charge on any atom is 0.573 e. The Morgan fingerprint density at radius 2 is 1.74 bits per heavy atom. The molecule has 2 heterocycles. The number of halogens is 3. The highest BCUT2D eigenvalue weighted by Gasteiger charge is 2.31. The molecule has 0 bridgehead atoms. The second-order valence-corrected chi connectivity index (χ2v) is 8.06. The number of sulfone groups is 1. The SMILES string of the molecule is O=S(=O)(c1ccc(OC(F)(F)F)cc1)c1ccc2c3c(oc2c1)CNCC3. The van der Waals surface area contributed by atoms with Crippen LogP contribution in [0.3, 0.4) is 0 Å². The number of hydrogen-bond acceptors (Lipinski definition) is 5. The van der Waals surface area contributed by atoms with Crippen LogP contribution >= 0.6 is 0 Å². The fourth-order valence-electron chi connectivity index (χ4n) is 3.14. The van der Waals surface area contributed by atoms with Gasteiger partial charge in [-0.15, -0.1) is 13.2 Å². The minimum atomic E-state index is -4.83. The highest BCUT2D eigenvalue weighted by molar-refractivity contribution is 7.91. The van der Waals surface area contributed by atoms with Crippen molar-refractivity contribution in [1.82, 2.24) is 5.32 Å². The van der Waals surface area contributed by atoms with Crippen molar-refractivity contribution in [2.45, 2.75) is 29.1 Å². The second-order valence-electron chi connectivity index (χ2n) is 6.11. The van der Waals surface area contributed by atoms with E-state index in [1.54, 1.807) is 6.07 Å². The van der Waals surface area contributed by atoms with E-state index in [0.717, 1.165) is 53.9 Å². The number of ether oxygens (including phenoxy) is 1. The van der Waals surface area contributed by atoms with E-state index >= 15 is 0 Å². The second kappa shape index (κ2) is 6.28. The summed E-state index contributed by atoms with van der Waals surface area (Å²) >= 11 is 0. The van der Waals surface area contributed by atoms with Gasteiger partial charge >= 0.3 is 6.36 Å². The van der Waals surface area contributed by atoms with Crippen molar-refractivity contribution in [2.24, 2.45) is 0 Å². The molecule has 0 aliphatic carbocycles. The third-order valence-electron chi connectivity index (χ3n) is 4.36. The number of alkyl halides is 3. The van der Waals surface area contributed by atoms with Gasteiger partial charge in [0, 0.05) is 17.0 Å². The van der Waals surface area contributed by atoms with E-state index in [1.807, 2.05) is 0 Å². The van der Waals surface area contributed by atoms with E-state index in [4.69, 9.17) is 4.42 Å². The third kappa shape index (κ3) is 3.40. The van der Waals surface area contributed by atoms with Crippen LogP contribution in [0.15, 0.2) is 56.7 Å². The van der Waals surface area contributed by atoms with E-state index in [-0.39, 0.29) is 9.79 Å². The zero-order valence-corrected chi connectivity index (χ0v) is 14.7. The van der Waals surface area contributed by atoms with Gasteiger partial charge in [-0.2, -0.15) is 0 Å². The molecule has 1 aromatic heterocycles. The van der Waals surface area contributed by atoms with Crippen LogP contribution in [0.5, 0.6) is 5.75 Å². The molecule has 0 unspecified atom stereocenters. The minimum absolute atomic E-state index is 0.0125. The van der Waals surface area contributed by atoms with Gasteiger partial charge in [0.15, 0.2) is 0 Å². The lowest BCUT2D eigenvalue weighted by atomic mass is 10.1. The van der Waals surface area contributed by atoms with Crippen molar-refractivity contribution in [3.05, 3.63) is 53.8 Å². The highest BCUT2D eigenvalue weighted by Crippen LogP contribution is 2.32. The van der Waals surface area contributed by atoms with Gasteiger partial charge in [0.1, 0.15) is 17.1 Å². The predicted octanol–water partition coefficient (Wildman–Crippen LogP) is 3.81. The summed E-state index contributed by atoms with van der Waals surface area (Å²) in [6.45, 7) is 1.42. The van der Waals surface area contributed by atoms with Crippen LogP contribution in [0.1, 0.15) is 11.3 Å². The van der Waals surface area contributed by atoms with Crippen LogP contribution in [0.2, 0.25) is 0 Å². The molecule has 0 radical (unpaired) electrons. The van der Waals surface area contributed by atoms with Crippen molar-refractivity contribution < 1.29 is 30.7 Å². The Bertz CT molecular complexity index is 1100. The Morgan fingerprint density at radius 3 is 2.44 bits per heavy atom. The molecule has 0 fully saturated rings. The molecule has 3 aromatic rings. The van der Waals surface area contributed by atoms with Gasteiger partial charge in [-0.3, -0.25) is 0 Å². The first kappa shape index (κ1) is 17.9. The predicted molar refractivity (Wildman–Crippen MR) is 90.2 cm³/mol. The van der Waals surface area contributed by atoms with E-state index in [2.05, 4.69) is 10.1 Å². The summed E-state index contributed by atoms with van der Waals surface area (Å²) in [5, 5.41) is 4.06. The largest absolute Gasteiger partial charge is 0.573 e. The maximum atomic E-state index is 12.8. The molecule has 27 heavy (non-hydrogen) atoms. The Hall–Kier alpha value is -2.52. The van der Waals surface area contributed by atoms with Crippen molar-refractivity contribution in [3.63, 3.8) is 0 Å². The van der Waals surface area contributed by atoms with Gasteiger partial charge < -0.3 is 14.5 Å². The van der Waals surface area contributed by atoms with E-state index in [9.17, 15) is 21.6 Å². The first-order chi connectivity index (χ1) is 12.7. The van der Waals surface area contributed by atoms with Gasteiger partial charge in [-0.1, -0.05) is 0 Å². The number of benzene rings is 2. The van der Waals surface area contributed by atoms with Crippen molar-refractivity contribution in [3.8, 4) is 5.75 Å². The average molecular weight is 397 g/mol. The summed E-state index contributed by atoms with van der Waals surface area (Å²) in [4.78, 5) is -0.118. The molecule has 1 aliphatic heterocycles. The van der Waals surface area contributed by atoms with Crippen molar-refractivity contribution in [1.29, 1.82) is 0 Å². The molecule has 5 nitrogen and oxygen atoms in total. The molecule has 1 aliphatic rings. The molecule has 0 saturated carbocycles. The molecule has 1 N–H and O–H groups in total. The monoisotopic (exact) mass is 397 g/mol. The number of furan rings is 1. The summed E-state index contributed by atoms with van der Waals surface area (Å²) in [5.74, 6) is 0.308. The molecule has 2 aromatic carbocycles. The fourth-order valence-corrected chi connectivity index (χ4v) is 4.41. The summed E-state index contributed by atoms with van der Waals surface area (Å²) in [6.07, 6.45) is -4.03. The minimum Gasteiger partial charge on any atom is -0.459 e. The lowest BCUT2D eigenvalue weighted by molar-refractivity contribution is -0.274. The van der Waals surface area contributed by atoms with Gasteiger partial charge in [-0.25, -0.2) is 8.42 Å². The standard InChI is InChI=1S/C18H14F3NO4S/c19-18(20,21)26-11-1-3-12(4-2-11)27(23,24)13-5-6-14-15-7-8-22-10-17(15)25-16(14)9-13/h1-6,9,22H,7-8,10H2. The Labute approximate surface area is 152 Å². The van der Waals surface area contributed by atoms with Crippen molar-refractivity contribution in [2.75, 3.05) is 6.54 Å². The van der Waals surface area contributed by atoms with Crippen LogP contribution in [-0.4, -0.2) is 21.3 Å². The third-order valence-corrected chi connectivity index (χ3v) is 6.13. The lowest BCUT2D eigenvalue weighted by Gasteiger charge is -2.10. The van der Waals surface area contributed by atoms with Gasteiger partial charge in [0.25, 0.3) is 0 Å². The number of rotatable bonds is 3. The van der Waals surface area contributed by atoms with Crippen LogP contribution < -0.4 is 10.1 Å².